The predicted molar refractivity (Wildman–Crippen MR) is 72.3 cm³/mol. The standard InChI is InChI=1S/C12H18N4O4/c1-5-20-11(18)6-8(2)13-14-9-7-10(17)16(4)12(19)15(9)3/h5-7H2,1-4H3. The maximum Gasteiger partial charge on any atom is 0.331 e. The molecule has 8 nitrogen and oxygen atoms in total. The van der Waals surface area contributed by atoms with Crippen LogP contribution >= 0.6 is 0 Å². The van der Waals surface area contributed by atoms with Gasteiger partial charge in [0.25, 0.3) is 0 Å². The van der Waals surface area contributed by atoms with Crippen LogP contribution < -0.4 is 0 Å². The second kappa shape index (κ2) is 6.78. The molecular formula is C12H18N4O4. The lowest BCUT2D eigenvalue weighted by atomic mass is 10.3. The van der Waals surface area contributed by atoms with Gasteiger partial charge in [-0.25, -0.2) is 4.79 Å². The fraction of sp³-hybridized carbons (Fsp3) is 0.583. The monoisotopic (exact) mass is 282 g/mol. The number of hydrogen-bond acceptors (Lipinski definition) is 6. The van der Waals surface area contributed by atoms with Crippen molar-refractivity contribution in [3.8, 4) is 0 Å². The first-order valence-electron chi connectivity index (χ1n) is 6.16. The highest BCUT2D eigenvalue weighted by molar-refractivity contribution is 6.15. The molecule has 0 atom stereocenters. The number of imide groups is 1. The van der Waals surface area contributed by atoms with Crippen molar-refractivity contribution < 1.29 is 19.1 Å². The Morgan fingerprint density at radius 2 is 1.95 bits per heavy atom. The molecule has 1 saturated heterocycles. The van der Waals surface area contributed by atoms with Crippen LogP contribution in [0, 0.1) is 0 Å². The SMILES string of the molecule is CCOC(=O)CC(C)=NN=C1CC(=O)N(C)C(=O)N1C. The van der Waals surface area contributed by atoms with E-state index in [-0.39, 0.29) is 24.6 Å². The van der Waals surface area contributed by atoms with Crippen molar-refractivity contribution in [2.45, 2.75) is 26.7 Å². The van der Waals surface area contributed by atoms with Gasteiger partial charge in [0, 0.05) is 19.8 Å². The van der Waals surface area contributed by atoms with Crippen LogP contribution in [0.25, 0.3) is 0 Å². The molecule has 0 bridgehead atoms. The van der Waals surface area contributed by atoms with Crippen molar-refractivity contribution in [1.82, 2.24) is 9.80 Å². The van der Waals surface area contributed by atoms with Crippen LogP contribution in [0.5, 0.6) is 0 Å². The van der Waals surface area contributed by atoms with Gasteiger partial charge < -0.3 is 4.74 Å². The topological polar surface area (TPSA) is 91.6 Å². The lowest BCUT2D eigenvalue weighted by Gasteiger charge is -2.29. The number of carbonyl (C=O) groups excluding carboxylic acids is 3. The molecule has 0 unspecified atom stereocenters. The largest absolute Gasteiger partial charge is 0.466 e. The Morgan fingerprint density at radius 3 is 2.55 bits per heavy atom. The molecule has 20 heavy (non-hydrogen) atoms. The quantitative estimate of drug-likeness (QED) is 0.429. The lowest BCUT2D eigenvalue weighted by Crippen LogP contribution is -2.51. The summed E-state index contributed by atoms with van der Waals surface area (Å²) in [5.41, 5.74) is 0.447. The van der Waals surface area contributed by atoms with Crippen molar-refractivity contribution in [3.05, 3.63) is 0 Å². The first-order chi connectivity index (χ1) is 9.36. The van der Waals surface area contributed by atoms with Gasteiger partial charge in [0.1, 0.15) is 5.84 Å². The minimum Gasteiger partial charge on any atom is -0.466 e. The van der Waals surface area contributed by atoms with E-state index in [4.69, 9.17) is 4.74 Å². The molecule has 0 radical (unpaired) electrons. The number of amidine groups is 1. The summed E-state index contributed by atoms with van der Waals surface area (Å²) < 4.78 is 4.78. The van der Waals surface area contributed by atoms with Crippen molar-refractivity contribution >= 4 is 29.5 Å². The summed E-state index contributed by atoms with van der Waals surface area (Å²) in [5, 5.41) is 7.72. The average molecular weight is 282 g/mol. The molecule has 1 heterocycles. The first kappa shape index (κ1) is 15.8. The zero-order chi connectivity index (χ0) is 15.3. The Labute approximate surface area is 117 Å². The first-order valence-corrected chi connectivity index (χ1v) is 6.16. The van der Waals surface area contributed by atoms with Crippen molar-refractivity contribution in [3.63, 3.8) is 0 Å². The molecule has 110 valence electrons. The summed E-state index contributed by atoms with van der Waals surface area (Å²) in [5.74, 6) is -0.482. The van der Waals surface area contributed by atoms with E-state index in [1.165, 1.54) is 19.0 Å². The maximum atomic E-state index is 11.7. The van der Waals surface area contributed by atoms with Gasteiger partial charge in [-0.2, -0.15) is 5.10 Å². The fourth-order valence-corrected chi connectivity index (χ4v) is 1.52. The van der Waals surface area contributed by atoms with Gasteiger partial charge in [0.2, 0.25) is 5.91 Å². The molecule has 0 aromatic rings. The third-order valence-corrected chi connectivity index (χ3v) is 2.69. The second-order valence-corrected chi connectivity index (χ2v) is 4.30. The van der Waals surface area contributed by atoms with Gasteiger partial charge >= 0.3 is 12.0 Å². The summed E-state index contributed by atoms with van der Waals surface area (Å²) in [6, 6.07) is -0.460. The molecule has 1 aliphatic rings. The number of urea groups is 1. The highest BCUT2D eigenvalue weighted by Gasteiger charge is 2.31. The molecule has 0 spiro atoms. The lowest BCUT2D eigenvalue weighted by molar-refractivity contribution is -0.141. The number of nitrogens with zero attached hydrogens (tertiary/aromatic N) is 4. The molecule has 0 aromatic carbocycles. The molecule has 8 heteroatoms. The minimum atomic E-state index is -0.460. The van der Waals surface area contributed by atoms with Crippen LogP contribution in [0.15, 0.2) is 10.2 Å². The van der Waals surface area contributed by atoms with E-state index in [0.717, 1.165) is 4.90 Å². The normalized spacial score (nSPS) is 18.8. The van der Waals surface area contributed by atoms with Gasteiger partial charge in [-0.3, -0.25) is 19.4 Å². The van der Waals surface area contributed by atoms with Crippen LogP contribution in [-0.2, 0) is 14.3 Å². The molecule has 1 aliphatic heterocycles. The van der Waals surface area contributed by atoms with Crippen molar-refractivity contribution in [2.75, 3.05) is 20.7 Å². The van der Waals surface area contributed by atoms with Crippen molar-refractivity contribution in [2.24, 2.45) is 10.2 Å². The number of carbonyl (C=O) groups is 3. The molecule has 1 fully saturated rings. The Hall–Kier alpha value is -2.25. The number of esters is 1. The Balaban J connectivity index is 2.76. The Kier molecular flexibility index (Phi) is 5.36. The van der Waals surface area contributed by atoms with Crippen molar-refractivity contribution in [1.29, 1.82) is 0 Å². The van der Waals surface area contributed by atoms with Gasteiger partial charge in [-0.05, 0) is 13.8 Å². The van der Waals surface area contributed by atoms with E-state index in [0.29, 0.717) is 12.3 Å². The van der Waals surface area contributed by atoms with Gasteiger partial charge in [-0.1, -0.05) is 0 Å². The van der Waals surface area contributed by atoms with E-state index < -0.39 is 12.0 Å². The van der Waals surface area contributed by atoms with Gasteiger partial charge in [-0.15, -0.1) is 5.10 Å². The van der Waals surface area contributed by atoms with Crippen LogP contribution in [0.4, 0.5) is 4.79 Å². The van der Waals surface area contributed by atoms with E-state index in [9.17, 15) is 14.4 Å². The highest BCUT2D eigenvalue weighted by atomic mass is 16.5. The molecule has 0 N–H and O–H groups in total. The predicted octanol–water partition coefficient (Wildman–Crippen LogP) is 0.628. The minimum absolute atomic E-state index is 0.00503. The second-order valence-electron chi connectivity index (χ2n) is 4.30. The van der Waals surface area contributed by atoms with E-state index in [1.54, 1.807) is 13.8 Å². The number of amides is 3. The third-order valence-electron chi connectivity index (χ3n) is 2.69. The Morgan fingerprint density at radius 1 is 1.30 bits per heavy atom. The summed E-state index contributed by atoms with van der Waals surface area (Å²) in [4.78, 5) is 36.7. The Bertz CT molecular complexity index is 484. The maximum absolute atomic E-state index is 11.7. The average Bonchev–Trinajstić information content (AvgIpc) is 2.39. The molecule has 0 aromatic heterocycles. The summed E-state index contributed by atoms with van der Waals surface area (Å²) in [7, 11) is 2.92. The summed E-state index contributed by atoms with van der Waals surface area (Å²) in [6.45, 7) is 3.65. The molecule has 0 saturated carbocycles. The molecule has 0 aliphatic carbocycles. The highest BCUT2D eigenvalue weighted by Crippen LogP contribution is 2.09. The zero-order valence-corrected chi connectivity index (χ0v) is 12.0. The fourth-order valence-electron chi connectivity index (χ4n) is 1.52. The number of ether oxygens (including phenoxy) is 1. The third kappa shape index (κ3) is 3.87. The summed E-state index contributed by atoms with van der Waals surface area (Å²) >= 11 is 0. The van der Waals surface area contributed by atoms with Crippen LogP contribution in [0.2, 0.25) is 0 Å². The van der Waals surface area contributed by atoms with Gasteiger partial charge in [0.15, 0.2) is 0 Å². The van der Waals surface area contributed by atoms with Gasteiger partial charge in [0.05, 0.1) is 19.4 Å². The molecule has 3 amide bonds. The summed E-state index contributed by atoms with van der Waals surface area (Å²) in [6.07, 6.45) is 0.0189. The molecular weight excluding hydrogens is 264 g/mol. The van der Waals surface area contributed by atoms with E-state index in [2.05, 4.69) is 10.2 Å². The van der Waals surface area contributed by atoms with Crippen LogP contribution in [0.1, 0.15) is 26.7 Å². The molecule has 1 rings (SSSR count). The number of hydrogen-bond donors (Lipinski definition) is 0. The smallest absolute Gasteiger partial charge is 0.331 e. The van der Waals surface area contributed by atoms with Crippen LogP contribution in [0.3, 0.4) is 0 Å². The number of rotatable bonds is 4. The van der Waals surface area contributed by atoms with E-state index >= 15 is 0 Å². The van der Waals surface area contributed by atoms with Crippen LogP contribution in [-0.4, -0.2) is 60.0 Å². The zero-order valence-electron chi connectivity index (χ0n) is 12.0. The van der Waals surface area contributed by atoms with E-state index in [1.807, 2.05) is 0 Å².